The summed E-state index contributed by atoms with van der Waals surface area (Å²) >= 11 is 2.95. The number of nitrogens with two attached hydrogens (primary N) is 1. The van der Waals surface area contributed by atoms with Crippen LogP contribution in [0.2, 0.25) is 0 Å². The molecule has 0 aliphatic rings. The second kappa shape index (κ2) is 6.07. The Bertz CT molecular complexity index is 456. The van der Waals surface area contributed by atoms with E-state index in [0.29, 0.717) is 0 Å². The summed E-state index contributed by atoms with van der Waals surface area (Å²) in [6.07, 6.45) is -0.750. The van der Waals surface area contributed by atoms with Crippen molar-refractivity contribution in [3.05, 3.63) is 32.5 Å². The first-order chi connectivity index (χ1) is 8.32. The molecule has 0 radical (unpaired) electrons. The molecule has 0 fully saturated rings. The predicted molar refractivity (Wildman–Crippen MR) is 68.9 cm³/mol. The lowest BCUT2D eigenvalue weighted by Crippen LogP contribution is -2.38. The largest absolute Gasteiger partial charge is 0.392 e. The number of nitro benzene ring substituents is 1. The molecule has 1 rings (SSSR count). The van der Waals surface area contributed by atoms with E-state index in [1.54, 1.807) is 0 Å². The van der Waals surface area contributed by atoms with Gasteiger partial charge in [0.05, 0.1) is 21.6 Å². The number of rotatable bonds is 5. The van der Waals surface area contributed by atoms with Crippen molar-refractivity contribution in [1.82, 2.24) is 0 Å². The monoisotopic (exact) mass is 321 g/mol. The van der Waals surface area contributed by atoms with Crippen LogP contribution in [-0.2, 0) is 0 Å². The molecule has 0 saturated carbocycles. The molecule has 1 aromatic rings. The number of aliphatic hydroxyl groups excluding tert-OH is 1. The van der Waals surface area contributed by atoms with Crippen LogP contribution in [-0.4, -0.2) is 28.7 Å². The number of nitrogens with one attached hydrogen (secondary N) is 1. The van der Waals surface area contributed by atoms with Gasteiger partial charge in [0, 0.05) is 12.6 Å². The molecule has 0 aromatic heterocycles. The first kappa shape index (κ1) is 14.8. The summed E-state index contributed by atoms with van der Waals surface area (Å²) in [6.45, 7) is 1.65. The summed E-state index contributed by atoms with van der Waals surface area (Å²) in [5, 5.41) is 22.7. The fourth-order valence-corrected chi connectivity index (χ4v) is 1.57. The van der Waals surface area contributed by atoms with Crippen molar-refractivity contribution in [2.45, 2.75) is 19.1 Å². The third-order valence-electron chi connectivity index (χ3n) is 2.38. The molecule has 8 heteroatoms. The molecule has 0 amide bonds. The number of hydrogen-bond donors (Lipinski definition) is 3. The van der Waals surface area contributed by atoms with Crippen molar-refractivity contribution in [2.75, 3.05) is 11.9 Å². The predicted octanol–water partition coefficient (Wildman–Crippen LogP) is 1.62. The molecular formula is C10H13BrFN3O3. The Kier molecular flexibility index (Phi) is 5.00. The molecule has 2 unspecified atom stereocenters. The number of benzene rings is 1. The minimum absolute atomic E-state index is 0.112. The zero-order valence-electron chi connectivity index (χ0n) is 9.56. The van der Waals surface area contributed by atoms with Crippen LogP contribution >= 0.6 is 15.9 Å². The minimum atomic E-state index is -0.750. The van der Waals surface area contributed by atoms with E-state index in [1.807, 2.05) is 0 Å². The lowest BCUT2D eigenvalue weighted by Gasteiger charge is -2.16. The molecule has 0 bridgehead atoms. The van der Waals surface area contributed by atoms with Crippen LogP contribution < -0.4 is 11.1 Å². The molecule has 6 nitrogen and oxygen atoms in total. The maximum Gasteiger partial charge on any atom is 0.295 e. The zero-order valence-corrected chi connectivity index (χ0v) is 11.1. The van der Waals surface area contributed by atoms with E-state index in [0.717, 1.165) is 6.07 Å². The van der Waals surface area contributed by atoms with Crippen LogP contribution in [0, 0.1) is 15.9 Å². The summed E-state index contributed by atoms with van der Waals surface area (Å²) in [5.74, 6) is -0.716. The van der Waals surface area contributed by atoms with Crippen LogP contribution in [0.5, 0.6) is 0 Å². The van der Waals surface area contributed by atoms with Crippen LogP contribution in [0.1, 0.15) is 6.92 Å². The van der Waals surface area contributed by atoms with Crippen molar-refractivity contribution in [3.8, 4) is 0 Å². The molecule has 0 aliphatic heterocycles. The Morgan fingerprint density at radius 2 is 2.28 bits per heavy atom. The summed E-state index contributed by atoms with van der Waals surface area (Å²) in [4.78, 5) is 10.1. The highest BCUT2D eigenvalue weighted by molar-refractivity contribution is 9.10. The fourth-order valence-electron chi connectivity index (χ4n) is 1.23. The van der Waals surface area contributed by atoms with Gasteiger partial charge in [-0.25, -0.2) is 4.39 Å². The molecule has 2 atom stereocenters. The molecule has 0 aliphatic carbocycles. The van der Waals surface area contributed by atoms with Gasteiger partial charge in [-0.1, -0.05) is 0 Å². The van der Waals surface area contributed by atoms with E-state index < -0.39 is 22.9 Å². The third-order valence-corrected chi connectivity index (χ3v) is 2.99. The van der Waals surface area contributed by atoms with E-state index in [-0.39, 0.29) is 22.4 Å². The summed E-state index contributed by atoms with van der Waals surface area (Å²) in [6, 6.07) is 1.51. The second-order valence-electron chi connectivity index (χ2n) is 3.83. The number of anilines is 1. The third kappa shape index (κ3) is 3.62. The molecule has 0 heterocycles. The molecule has 0 saturated heterocycles. The Hall–Kier alpha value is -1.25. The SMILES string of the molecule is CC(O)C(N)CNc1cc(Br)c(F)cc1[N+](=O)[O-]. The van der Waals surface area contributed by atoms with Gasteiger partial charge in [0.2, 0.25) is 0 Å². The van der Waals surface area contributed by atoms with E-state index >= 15 is 0 Å². The Morgan fingerprint density at radius 3 is 2.78 bits per heavy atom. The van der Waals surface area contributed by atoms with Crippen molar-refractivity contribution in [3.63, 3.8) is 0 Å². The lowest BCUT2D eigenvalue weighted by atomic mass is 10.2. The van der Waals surface area contributed by atoms with Gasteiger partial charge in [0.1, 0.15) is 11.5 Å². The van der Waals surface area contributed by atoms with Gasteiger partial charge in [0.15, 0.2) is 0 Å². The average molecular weight is 322 g/mol. The van der Waals surface area contributed by atoms with Crippen LogP contribution in [0.3, 0.4) is 0 Å². The van der Waals surface area contributed by atoms with Crippen molar-refractivity contribution in [1.29, 1.82) is 0 Å². The lowest BCUT2D eigenvalue weighted by molar-refractivity contribution is -0.384. The van der Waals surface area contributed by atoms with Gasteiger partial charge in [-0.15, -0.1) is 0 Å². The second-order valence-corrected chi connectivity index (χ2v) is 4.68. The van der Waals surface area contributed by atoms with Crippen molar-refractivity contribution < 1.29 is 14.4 Å². The van der Waals surface area contributed by atoms with Gasteiger partial charge < -0.3 is 16.2 Å². The van der Waals surface area contributed by atoms with Gasteiger partial charge in [-0.05, 0) is 28.9 Å². The summed E-state index contributed by atoms with van der Waals surface area (Å²) in [5.41, 5.74) is 5.35. The number of nitrogens with zero attached hydrogens (tertiary/aromatic N) is 1. The van der Waals surface area contributed by atoms with Gasteiger partial charge in [-0.3, -0.25) is 10.1 Å². The molecule has 4 N–H and O–H groups in total. The van der Waals surface area contributed by atoms with E-state index in [9.17, 15) is 19.6 Å². The number of nitro groups is 1. The van der Waals surface area contributed by atoms with E-state index in [4.69, 9.17) is 5.73 Å². The van der Waals surface area contributed by atoms with Crippen LogP contribution in [0.25, 0.3) is 0 Å². The molecular weight excluding hydrogens is 309 g/mol. The smallest absolute Gasteiger partial charge is 0.295 e. The first-order valence-corrected chi connectivity index (χ1v) is 5.93. The first-order valence-electron chi connectivity index (χ1n) is 5.14. The molecule has 0 spiro atoms. The highest BCUT2D eigenvalue weighted by atomic mass is 79.9. The summed E-state index contributed by atoms with van der Waals surface area (Å²) in [7, 11) is 0. The maximum absolute atomic E-state index is 13.2. The topological polar surface area (TPSA) is 101 Å². The zero-order chi connectivity index (χ0) is 13.9. The average Bonchev–Trinajstić information content (AvgIpc) is 2.29. The van der Waals surface area contributed by atoms with Gasteiger partial charge >= 0.3 is 0 Å². The van der Waals surface area contributed by atoms with Gasteiger partial charge in [0.25, 0.3) is 5.69 Å². The minimum Gasteiger partial charge on any atom is -0.392 e. The fraction of sp³-hybridized carbons (Fsp3) is 0.400. The maximum atomic E-state index is 13.2. The summed E-state index contributed by atoms with van der Waals surface area (Å²) < 4.78 is 13.3. The Labute approximate surface area is 111 Å². The van der Waals surface area contributed by atoms with E-state index in [2.05, 4.69) is 21.2 Å². The number of aliphatic hydroxyl groups is 1. The van der Waals surface area contributed by atoms with Crippen LogP contribution in [0.4, 0.5) is 15.8 Å². The highest BCUT2D eigenvalue weighted by Crippen LogP contribution is 2.30. The van der Waals surface area contributed by atoms with Gasteiger partial charge in [-0.2, -0.15) is 0 Å². The number of hydrogen-bond acceptors (Lipinski definition) is 5. The Morgan fingerprint density at radius 1 is 1.67 bits per heavy atom. The van der Waals surface area contributed by atoms with Crippen molar-refractivity contribution in [2.24, 2.45) is 5.73 Å². The van der Waals surface area contributed by atoms with Crippen molar-refractivity contribution >= 4 is 27.3 Å². The normalized spacial score (nSPS) is 14.1. The molecule has 18 heavy (non-hydrogen) atoms. The Balaban J connectivity index is 2.93. The molecule has 1 aromatic carbocycles. The quantitative estimate of drug-likeness (QED) is 0.565. The molecule has 100 valence electrons. The van der Waals surface area contributed by atoms with E-state index in [1.165, 1.54) is 13.0 Å². The van der Waals surface area contributed by atoms with Crippen LogP contribution in [0.15, 0.2) is 16.6 Å². The highest BCUT2D eigenvalue weighted by Gasteiger charge is 2.18. The number of halogens is 2. The standard InChI is InChI=1S/C10H13BrFN3O3/c1-5(16)8(13)4-14-9-2-6(11)7(12)3-10(9)15(17)18/h2-3,5,8,14,16H,4,13H2,1H3.